The van der Waals surface area contributed by atoms with E-state index in [1.807, 2.05) is 11.8 Å². The molecule has 0 aromatic rings. The zero-order valence-electron chi connectivity index (χ0n) is 10.6. The summed E-state index contributed by atoms with van der Waals surface area (Å²) in [6.07, 6.45) is 1.17. The summed E-state index contributed by atoms with van der Waals surface area (Å²) < 4.78 is 0. The molecule has 0 bridgehead atoms. The van der Waals surface area contributed by atoms with Crippen LogP contribution in [0.4, 0.5) is 0 Å². The number of amidine groups is 1. The molecule has 0 radical (unpaired) electrons. The Labute approximate surface area is 98.3 Å². The number of nitrogens with zero attached hydrogens (tertiary/aromatic N) is 1. The second-order valence-electron chi connectivity index (χ2n) is 4.96. The molecule has 1 N–H and O–H groups in total. The van der Waals surface area contributed by atoms with E-state index in [1.165, 1.54) is 6.42 Å². The Kier molecular flexibility index (Phi) is 4.97. The van der Waals surface area contributed by atoms with Gasteiger partial charge in [0, 0.05) is 11.8 Å². The van der Waals surface area contributed by atoms with Crippen molar-refractivity contribution in [3.05, 3.63) is 0 Å². The Morgan fingerprint density at radius 3 is 2.47 bits per heavy atom. The van der Waals surface area contributed by atoms with Gasteiger partial charge in [0.25, 0.3) is 0 Å². The van der Waals surface area contributed by atoms with E-state index in [9.17, 15) is 0 Å². The molecule has 1 unspecified atom stereocenters. The van der Waals surface area contributed by atoms with Crippen LogP contribution >= 0.6 is 11.8 Å². The first-order chi connectivity index (χ1) is 7.04. The first-order valence-corrected chi connectivity index (χ1v) is 7.00. The predicted molar refractivity (Wildman–Crippen MR) is 70.6 cm³/mol. The van der Waals surface area contributed by atoms with Gasteiger partial charge in [-0.25, -0.2) is 0 Å². The van der Waals surface area contributed by atoms with Crippen molar-refractivity contribution in [2.45, 2.75) is 53.1 Å². The van der Waals surface area contributed by atoms with Crippen LogP contribution in [0, 0.1) is 11.8 Å². The van der Waals surface area contributed by atoms with E-state index < -0.39 is 0 Å². The molecule has 2 nitrogen and oxygen atoms in total. The number of thioether (sulfide) groups is 1. The van der Waals surface area contributed by atoms with Crippen molar-refractivity contribution < 1.29 is 0 Å². The topological polar surface area (TPSA) is 24.4 Å². The van der Waals surface area contributed by atoms with Crippen LogP contribution in [0.1, 0.15) is 41.0 Å². The van der Waals surface area contributed by atoms with Gasteiger partial charge in [0.05, 0.1) is 6.04 Å². The molecule has 0 aromatic heterocycles. The highest BCUT2D eigenvalue weighted by Gasteiger charge is 2.23. The monoisotopic (exact) mass is 228 g/mol. The standard InChI is InChI=1S/C12H24N2S/c1-6-10(8(2)3)13-12-14-11(7-15-12)9(4)5/h8-11H,6-7H2,1-5H3,(H,13,14)/t10?,11-/m1/s1. The molecule has 15 heavy (non-hydrogen) atoms. The van der Waals surface area contributed by atoms with Gasteiger partial charge in [-0.15, -0.1) is 0 Å². The lowest BCUT2D eigenvalue weighted by atomic mass is 10.0. The third-order valence-electron chi connectivity index (χ3n) is 3.00. The molecule has 2 atom stereocenters. The van der Waals surface area contributed by atoms with Gasteiger partial charge in [0.2, 0.25) is 0 Å². The molecule has 0 aliphatic carbocycles. The van der Waals surface area contributed by atoms with E-state index in [1.54, 1.807) is 0 Å². The number of hydrogen-bond donors (Lipinski definition) is 1. The molecule has 0 amide bonds. The second-order valence-corrected chi connectivity index (χ2v) is 5.97. The van der Waals surface area contributed by atoms with E-state index >= 15 is 0 Å². The first kappa shape index (κ1) is 12.9. The summed E-state index contributed by atoms with van der Waals surface area (Å²) in [6.45, 7) is 11.3. The van der Waals surface area contributed by atoms with Crippen molar-refractivity contribution in [2.24, 2.45) is 16.8 Å². The van der Waals surface area contributed by atoms with Crippen molar-refractivity contribution >= 4 is 16.9 Å². The van der Waals surface area contributed by atoms with Crippen molar-refractivity contribution in [2.75, 3.05) is 5.75 Å². The molecule has 0 saturated heterocycles. The van der Waals surface area contributed by atoms with E-state index in [4.69, 9.17) is 4.99 Å². The lowest BCUT2D eigenvalue weighted by molar-refractivity contribution is 0.442. The fraction of sp³-hybridized carbons (Fsp3) is 0.917. The molecule has 88 valence electrons. The van der Waals surface area contributed by atoms with E-state index in [2.05, 4.69) is 39.9 Å². The maximum Gasteiger partial charge on any atom is 0.157 e. The highest BCUT2D eigenvalue weighted by atomic mass is 32.2. The third kappa shape index (κ3) is 3.71. The summed E-state index contributed by atoms with van der Waals surface area (Å²) >= 11 is 1.88. The van der Waals surface area contributed by atoms with Crippen molar-refractivity contribution in [1.29, 1.82) is 0 Å². The molecule has 1 aliphatic rings. The Morgan fingerprint density at radius 1 is 1.40 bits per heavy atom. The summed E-state index contributed by atoms with van der Waals surface area (Å²) in [4.78, 5) is 4.73. The van der Waals surface area contributed by atoms with Gasteiger partial charge in [-0.2, -0.15) is 0 Å². The average Bonchev–Trinajstić information content (AvgIpc) is 2.61. The summed E-state index contributed by atoms with van der Waals surface area (Å²) in [6, 6.07) is 1.09. The van der Waals surface area contributed by atoms with Gasteiger partial charge in [0.15, 0.2) is 5.17 Å². The van der Waals surface area contributed by atoms with E-state index in [0.29, 0.717) is 23.9 Å². The summed E-state index contributed by atoms with van der Waals surface area (Å²) in [5.74, 6) is 2.49. The minimum atomic E-state index is 0.516. The quantitative estimate of drug-likeness (QED) is 0.799. The Hall–Kier alpha value is -0.180. The van der Waals surface area contributed by atoms with Crippen LogP contribution in [-0.2, 0) is 0 Å². The number of hydrogen-bond acceptors (Lipinski definition) is 3. The number of aliphatic imine (C=N–C) groups is 1. The van der Waals surface area contributed by atoms with Crippen LogP contribution in [0.2, 0.25) is 0 Å². The molecule has 0 spiro atoms. The fourth-order valence-electron chi connectivity index (χ4n) is 1.71. The Morgan fingerprint density at radius 2 is 2.07 bits per heavy atom. The maximum absolute atomic E-state index is 4.73. The Bertz CT molecular complexity index is 224. The van der Waals surface area contributed by atoms with Crippen LogP contribution in [0.3, 0.4) is 0 Å². The third-order valence-corrected chi connectivity index (χ3v) is 4.00. The van der Waals surface area contributed by atoms with Crippen LogP contribution < -0.4 is 5.32 Å². The Balaban J connectivity index is 2.49. The molecule has 0 aromatic carbocycles. The molecule has 0 saturated carbocycles. The van der Waals surface area contributed by atoms with Crippen LogP contribution in [0.15, 0.2) is 4.99 Å². The molecule has 1 heterocycles. The maximum atomic E-state index is 4.73. The number of nitrogens with one attached hydrogen (secondary N) is 1. The molecular weight excluding hydrogens is 204 g/mol. The van der Waals surface area contributed by atoms with Crippen molar-refractivity contribution in [1.82, 2.24) is 5.32 Å². The lowest BCUT2D eigenvalue weighted by Gasteiger charge is -2.21. The van der Waals surface area contributed by atoms with E-state index in [-0.39, 0.29) is 0 Å². The molecule has 1 rings (SSSR count). The highest BCUT2D eigenvalue weighted by Crippen LogP contribution is 2.23. The molecule has 3 heteroatoms. The van der Waals surface area contributed by atoms with Gasteiger partial charge in [-0.1, -0.05) is 46.4 Å². The predicted octanol–water partition coefficient (Wildman–Crippen LogP) is 3.14. The van der Waals surface area contributed by atoms with E-state index in [0.717, 1.165) is 10.9 Å². The minimum Gasteiger partial charge on any atom is -0.362 e. The highest BCUT2D eigenvalue weighted by molar-refractivity contribution is 8.14. The molecular formula is C12H24N2S. The summed E-state index contributed by atoms with van der Waals surface area (Å²) in [7, 11) is 0. The lowest BCUT2D eigenvalue weighted by Crippen LogP contribution is -2.36. The summed E-state index contributed by atoms with van der Waals surface area (Å²) in [5.41, 5.74) is 0. The van der Waals surface area contributed by atoms with Crippen molar-refractivity contribution in [3.63, 3.8) is 0 Å². The smallest absolute Gasteiger partial charge is 0.157 e. The normalized spacial score (nSPS) is 23.4. The largest absolute Gasteiger partial charge is 0.362 e. The van der Waals surface area contributed by atoms with Crippen LogP contribution in [0.5, 0.6) is 0 Å². The minimum absolute atomic E-state index is 0.516. The van der Waals surface area contributed by atoms with Gasteiger partial charge in [-0.3, -0.25) is 4.99 Å². The second kappa shape index (κ2) is 5.78. The SMILES string of the molecule is CCC(NC1=N[C@@H](C(C)C)CS1)C(C)C. The van der Waals surface area contributed by atoms with Gasteiger partial charge in [-0.05, 0) is 18.3 Å². The van der Waals surface area contributed by atoms with Gasteiger partial charge in [0.1, 0.15) is 0 Å². The van der Waals surface area contributed by atoms with Gasteiger partial charge >= 0.3 is 0 Å². The van der Waals surface area contributed by atoms with Crippen LogP contribution in [-0.4, -0.2) is 23.0 Å². The number of rotatable bonds is 4. The zero-order valence-corrected chi connectivity index (χ0v) is 11.4. The van der Waals surface area contributed by atoms with Crippen LogP contribution in [0.25, 0.3) is 0 Å². The first-order valence-electron chi connectivity index (χ1n) is 6.01. The fourth-order valence-corrected chi connectivity index (χ4v) is 2.94. The van der Waals surface area contributed by atoms with Crippen molar-refractivity contribution in [3.8, 4) is 0 Å². The molecule has 1 aliphatic heterocycles. The zero-order chi connectivity index (χ0) is 11.4. The summed E-state index contributed by atoms with van der Waals surface area (Å²) in [5, 5.41) is 4.72. The average molecular weight is 228 g/mol. The molecule has 0 fully saturated rings. The van der Waals surface area contributed by atoms with Gasteiger partial charge < -0.3 is 5.32 Å².